The summed E-state index contributed by atoms with van der Waals surface area (Å²) in [4.78, 5) is 12.1. The molecule has 1 N–H and O–H groups in total. The Morgan fingerprint density at radius 3 is 2.56 bits per heavy atom. The van der Waals surface area contributed by atoms with Crippen LogP contribution in [0.5, 0.6) is 5.75 Å². The average molecular weight is 248 g/mol. The van der Waals surface area contributed by atoms with Crippen LogP contribution in [0.4, 0.5) is 0 Å². The van der Waals surface area contributed by atoms with Crippen molar-refractivity contribution in [2.24, 2.45) is 0 Å². The van der Waals surface area contributed by atoms with Crippen molar-refractivity contribution in [2.75, 3.05) is 0 Å². The lowest BCUT2D eigenvalue weighted by atomic mass is 9.82. The van der Waals surface area contributed by atoms with Gasteiger partial charge in [0.25, 0.3) is 0 Å². The standard InChI is InChI=1S/C15H20O3/c1-2-15(10-6-3-7-11-15)18-14(17)12-8-4-5-9-13(12)16/h4-5,8-9,16H,2-3,6-7,10-11H2,1H3. The molecule has 0 spiro atoms. The molecular formula is C15H20O3. The molecule has 1 aliphatic rings. The first-order valence-corrected chi connectivity index (χ1v) is 6.68. The molecule has 1 aliphatic carbocycles. The first kappa shape index (κ1) is 12.9. The number of phenolic OH excluding ortho intramolecular Hbond substituents is 1. The van der Waals surface area contributed by atoms with Gasteiger partial charge in [-0.05, 0) is 44.2 Å². The van der Waals surface area contributed by atoms with Crippen LogP contribution in [0.1, 0.15) is 55.8 Å². The molecule has 0 heterocycles. The first-order valence-electron chi connectivity index (χ1n) is 6.68. The summed E-state index contributed by atoms with van der Waals surface area (Å²) in [7, 11) is 0. The van der Waals surface area contributed by atoms with Gasteiger partial charge in [0.2, 0.25) is 0 Å². The Bertz CT molecular complexity index is 420. The lowest BCUT2D eigenvalue weighted by molar-refractivity contribution is -0.0399. The molecule has 0 aliphatic heterocycles. The summed E-state index contributed by atoms with van der Waals surface area (Å²) in [6, 6.07) is 6.54. The van der Waals surface area contributed by atoms with Crippen LogP contribution in [-0.2, 0) is 4.74 Å². The van der Waals surface area contributed by atoms with E-state index in [9.17, 15) is 9.90 Å². The molecule has 1 aromatic carbocycles. The average Bonchev–Trinajstić information content (AvgIpc) is 2.40. The molecule has 3 heteroatoms. The normalized spacial score (nSPS) is 18.3. The number of hydrogen-bond donors (Lipinski definition) is 1. The van der Waals surface area contributed by atoms with E-state index >= 15 is 0 Å². The molecule has 98 valence electrons. The second-order valence-electron chi connectivity index (χ2n) is 5.00. The van der Waals surface area contributed by atoms with Crippen LogP contribution in [0.3, 0.4) is 0 Å². The predicted molar refractivity (Wildman–Crippen MR) is 69.6 cm³/mol. The number of benzene rings is 1. The number of para-hydroxylation sites is 1. The molecule has 0 saturated heterocycles. The van der Waals surface area contributed by atoms with E-state index in [0.717, 1.165) is 32.1 Å². The van der Waals surface area contributed by atoms with Gasteiger partial charge in [-0.2, -0.15) is 0 Å². The molecule has 1 fully saturated rings. The maximum atomic E-state index is 12.1. The van der Waals surface area contributed by atoms with E-state index in [0.29, 0.717) is 0 Å². The van der Waals surface area contributed by atoms with Gasteiger partial charge in [0.15, 0.2) is 0 Å². The van der Waals surface area contributed by atoms with Gasteiger partial charge in [0.05, 0.1) is 0 Å². The fourth-order valence-corrected chi connectivity index (χ4v) is 2.62. The minimum atomic E-state index is -0.406. The number of esters is 1. The molecule has 1 saturated carbocycles. The molecule has 0 bridgehead atoms. The largest absolute Gasteiger partial charge is 0.507 e. The summed E-state index contributed by atoms with van der Waals surface area (Å²) in [5.41, 5.74) is -0.0617. The lowest BCUT2D eigenvalue weighted by Gasteiger charge is -2.36. The van der Waals surface area contributed by atoms with Gasteiger partial charge >= 0.3 is 5.97 Å². The fourth-order valence-electron chi connectivity index (χ4n) is 2.62. The summed E-state index contributed by atoms with van der Waals surface area (Å²) < 4.78 is 5.70. The third-order valence-electron chi connectivity index (χ3n) is 3.84. The van der Waals surface area contributed by atoms with E-state index in [1.54, 1.807) is 18.2 Å². The molecule has 0 aromatic heterocycles. The summed E-state index contributed by atoms with van der Waals surface area (Å²) >= 11 is 0. The highest BCUT2D eigenvalue weighted by Crippen LogP contribution is 2.35. The highest BCUT2D eigenvalue weighted by molar-refractivity contribution is 5.92. The lowest BCUT2D eigenvalue weighted by Crippen LogP contribution is -2.36. The van der Waals surface area contributed by atoms with E-state index in [4.69, 9.17) is 4.74 Å². The van der Waals surface area contributed by atoms with Crippen molar-refractivity contribution >= 4 is 5.97 Å². The van der Waals surface area contributed by atoms with Gasteiger partial charge in [-0.25, -0.2) is 4.79 Å². The van der Waals surface area contributed by atoms with E-state index in [2.05, 4.69) is 6.92 Å². The predicted octanol–water partition coefficient (Wildman–Crippen LogP) is 3.66. The van der Waals surface area contributed by atoms with Crippen molar-refractivity contribution in [3.63, 3.8) is 0 Å². The Hall–Kier alpha value is -1.51. The summed E-state index contributed by atoms with van der Waals surface area (Å²) in [6.07, 6.45) is 6.15. The minimum Gasteiger partial charge on any atom is -0.507 e. The molecule has 2 rings (SSSR count). The monoisotopic (exact) mass is 248 g/mol. The van der Waals surface area contributed by atoms with Crippen LogP contribution in [0.25, 0.3) is 0 Å². The Balaban J connectivity index is 2.13. The quantitative estimate of drug-likeness (QED) is 0.830. The Morgan fingerprint density at radius 2 is 1.94 bits per heavy atom. The Labute approximate surface area is 108 Å². The van der Waals surface area contributed by atoms with Crippen molar-refractivity contribution in [1.82, 2.24) is 0 Å². The maximum absolute atomic E-state index is 12.1. The van der Waals surface area contributed by atoms with Crippen LogP contribution in [0.15, 0.2) is 24.3 Å². The number of hydrogen-bond acceptors (Lipinski definition) is 3. The SMILES string of the molecule is CCC1(OC(=O)c2ccccc2O)CCCCC1. The van der Waals surface area contributed by atoms with Gasteiger partial charge in [0, 0.05) is 0 Å². The highest BCUT2D eigenvalue weighted by Gasteiger charge is 2.34. The molecule has 0 atom stereocenters. The number of ether oxygens (including phenoxy) is 1. The Kier molecular flexibility index (Phi) is 3.90. The van der Waals surface area contributed by atoms with Crippen molar-refractivity contribution < 1.29 is 14.6 Å². The van der Waals surface area contributed by atoms with Crippen LogP contribution in [-0.4, -0.2) is 16.7 Å². The van der Waals surface area contributed by atoms with Gasteiger partial charge in [-0.1, -0.05) is 25.5 Å². The summed E-state index contributed by atoms with van der Waals surface area (Å²) in [6.45, 7) is 2.06. The smallest absolute Gasteiger partial charge is 0.342 e. The second kappa shape index (κ2) is 5.42. The zero-order valence-corrected chi connectivity index (χ0v) is 10.8. The number of aromatic hydroxyl groups is 1. The van der Waals surface area contributed by atoms with Crippen LogP contribution in [0.2, 0.25) is 0 Å². The van der Waals surface area contributed by atoms with Gasteiger partial charge in [-0.15, -0.1) is 0 Å². The minimum absolute atomic E-state index is 0.00966. The van der Waals surface area contributed by atoms with E-state index in [1.165, 1.54) is 12.5 Å². The van der Waals surface area contributed by atoms with Crippen LogP contribution >= 0.6 is 0 Å². The van der Waals surface area contributed by atoms with Gasteiger partial charge in [-0.3, -0.25) is 0 Å². The van der Waals surface area contributed by atoms with Crippen molar-refractivity contribution in [1.29, 1.82) is 0 Å². The van der Waals surface area contributed by atoms with E-state index < -0.39 is 5.97 Å². The van der Waals surface area contributed by atoms with Crippen molar-refractivity contribution in [3.8, 4) is 5.75 Å². The molecule has 18 heavy (non-hydrogen) atoms. The maximum Gasteiger partial charge on any atom is 0.342 e. The van der Waals surface area contributed by atoms with Gasteiger partial charge in [0.1, 0.15) is 16.9 Å². The number of rotatable bonds is 3. The van der Waals surface area contributed by atoms with Crippen molar-refractivity contribution in [3.05, 3.63) is 29.8 Å². The fraction of sp³-hybridized carbons (Fsp3) is 0.533. The number of phenols is 1. The molecule has 0 radical (unpaired) electrons. The first-order chi connectivity index (χ1) is 8.67. The van der Waals surface area contributed by atoms with Crippen LogP contribution < -0.4 is 0 Å². The molecule has 3 nitrogen and oxygen atoms in total. The highest BCUT2D eigenvalue weighted by atomic mass is 16.6. The van der Waals surface area contributed by atoms with E-state index in [-0.39, 0.29) is 16.9 Å². The zero-order valence-electron chi connectivity index (χ0n) is 10.8. The molecular weight excluding hydrogens is 228 g/mol. The summed E-state index contributed by atoms with van der Waals surface area (Å²) in [5.74, 6) is -0.415. The van der Waals surface area contributed by atoms with E-state index in [1.807, 2.05) is 0 Å². The molecule has 0 amide bonds. The Morgan fingerprint density at radius 1 is 1.28 bits per heavy atom. The van der Waals surface area contributed by atoms with Crippen LogP contribution in [0, 0.1) is 0 Å². The third kappa shape index (κ3) is 2.66. The number of carbonyl (C=O) groups is 1. The summed E-state index contributed by atoms with van der Waals surface area (Å²) in [5, 5.41) is 9.67. The van der Waals surface area contributed by atoms with Gasteiger partial charge < -0.3 is 9.84 Å². The molecule has 0 unspecified atom stereocenters. The molecule has 1 aromatic rings. The number of carbonyl (C=O) groups excluding carboxylic acids is 1. The topological polar surface area (TPSA) is 46.5 Å². The zero-order chi connectivity index (χ0) is 13.0. The van der Waals surface area contributed by atoms with Crippen molar-refractivity contribution in [2.45, 2.75) is 51.0 Å². The third-order valence-corrected chi connectivity index (χ3v) is 3.84. The second-order valence-corrected chi connectivity index (χ2v) is 5.00.